The van der Waals surface area contributed by atoms with Crippen LogP contribution in [-0.2, 0) is 14.6 Å². The zero-order valence-electron chi connectivity index (χ0n) is 11.6. The monoisotopic (exact) mass is 305 g/mol. The van der Waals surface area contributed by atoms with Gasteiger partial charge in [-0.2, -0.15) is 8.42 Å². The van der Waals surface area contributed by atoms with E-state index in [1.165, 1.54) is 16.2 Å². The molecule has 3 rings (SSSR count). The molecular weight excluding hydrogens is 290 g/mol. The lowest BCUT2D eigenvalue weighted by molar-refractivity contribution is 0.324. The van der Waals surface area contributed by atoms with Crippen LogP contribution in [0, 0.1) is 6.92 Å². The molecule has 0 fully saturated rings. The Kier molecular flexibility index (Phi) is 4.52. The van der Waals surface area contributed by atoms with Crippen LogP contribution in [0.25, 0.3) is 21.7 Å². The summed E-state index contributed by atoms with van der Waals surface area (Å²) in [5.74, 6) is 0. The fourth-order valence-electron chi connectivity index (χ4n) is 1.96. The van der Waals surface area contributed by atoms with E-state index in [4.69, 9.17) is 4.55 Å². The summed E-state index contributed by atoms with van der Waals surface area (Å²) in [5.41, 5.74) is 2.17. The molecule has 0 saturated heterocycles. The van der Waals surface area contributed by atoms with Crippen molar-refractivity contribution in [1.82, 2.24) is 4.98 Å². The van der Waals surface area contributed by atoms with Crippen LogP contribution in [0.15, 0.2) is 48.5 Å². The maximum atomic E-state index is 9.33. The van der Waals surface area contributed by atoms with Crippen molar-refractivity contribution in [1.29, 1.82) is 0 Å². The van der Waals surface area contributed by atoms with Crippen molar-refractivity contribution in [2.24, 2.45) is 0 Å². The Balaban J connectivity index is 0.000000232. The van der Waals surface area contributed by atoms with Gasteiger partial charge in [-0.3, -0.25) is 13.7 Å². The molecule has 0 amide bonds. The quantitative estimate of drug-likeness (QED) is 0.552. The van der Waals surface area contributed by atoms with Crippen LogP contribution in [0.2, 0.25) is 0 Å². The van der Waals surface area contributed by atoms with Gasteiger partial charge in [0.15, 0.2) is 0 Å². The van der Waals surface area contributed by atoms with E-state index in [-0.39, 0.29) is 0 Å². The zero-order chi connectivity index (χ0) is 15.5. The normalized spacial score (nSPS) is 11.2. The summed E-state index contributed by atoms with van der Waals surface area (Å²) >= 11 is 0. The van der Waals surface area contributed by atoms with Crippen molar-refractivity contribution in [2.45, 2.75) is 6.92 Å². The summed E-state index contributed by atoms with van der Waals surface area (Å²) in [7, 11) is -3.29. The molecule has 0 aliphatic heterocycles. The molecule has 0 radical (unpaired) electrons. The summed E-state index contributed by atoms with van der Waals surface area (Å²) in [6.07, 6.45) is 0. The molecule has 1 aromatic heterocycles. The van der Waals surface area contributed by atoms with Crippen LogP contribution in [-0.4, -0.2) is 25.1 Å². The van der Waals surface area contributed by atoms with Crippen LogP contribution >= 0.6 is 0 Å². The molecule has 110 valence electrons. The molecule has 0 saturated carbocycles. The fraction of sp³-hybridized carbons (Fsp3) is 0.133. The number of pyridine rings is 1. The predicted molar refractivity (Wildman–Crippen MR) is 82.5 cm³/mol. The minimum absolute atomic E-state index is 0.870. The van der Waals surface area contributed by atoms with Crippen molar-refractivity contribution in [3.63, 3.8) is 0 Å². The number of hydrogen-bond acceptors (Lipinski definition) is 4. The first-order valence-electron chi connectivity index (χ1n) is 6.19. The summed E-state index contributed by atoms with van der Waals surface area (Å²) < 4.78 is 29.7. The van der Waals surface area contributed by atoms with Crippen LogP contribution in [0.5, 0.6) is 0 Å². The molecule has 0 aliphatic carbocycles. The fourth-order valence-corrected chi connectivity index (χ4v) is 1.96. The predicted octanol–water partition coefficient (Wildman–Crippen LogP) is 3.13. The topological polar surface area (TPSA) is 76.5 Å². The third-order valence-corrected chi connectivity index (χ3v) is 3.36. The maximum Gasteiger partial charge on any atom is 0.397 e. The first kappa shape index (κ1) is 15.4. The highest BCUT2D eigenvalue weighted by atomic mass is 32.3. The molecule has 5 nitrogen and oxygen atoms in total. The third kappa shape index (κ3) is 3.98. The van der Waals surface area contributed by atoms with Gasteiger partial charge in [-0.25, -0.2) is 0 Å². The second kappa shape index (κ2) is 6.17. The van der Waals surface area contributed by atoms with Crippen molar-refractivity contribution in [3.8, 4) is 0 Å². The molecule has 1 N–H and O–H groups in total. The highest BCUT2D eigenvalue weighted by molar-refractivity contribution is 7.80. The van der Waals surface area contributed by atoms with Crippen LogP contribution in [0.3, 0.4) is 0 Å². The van der Waals surface area contributed by atoms with E-state index in [9.17, 15) is 8.42 Å². The molecule has 3 aromatic rings. The highest BCUT2D eigenvalue weighted by Gasteiger charge is 2.00. The Morgan fingerprint density at radius 1 is 1.00 bits per heavy atom. The Hall–Kier alpha value is -2.02. The number of aromatic nitrogens is 1. The highest BCUT2D eigenvalue weighted by Crippen LogP contribution is 2.23. The third-order valence-electron chi connectivity index (χ3n) is 2.93. The molecule has 21 heavy (non-hydrogen) atoms. The van der Waals surface area contributed by atoms with Gasteiger partial charge in [0.05, 0.1) is 12.6 Å². The first-order chi connectivity index (χ1) is 9.90. The number of benzene rings is 2. The summed E-state index contributed by atoms with van der Waals surface area (Å²) in [6.45, 7) is 2.03. The molecule has 0 bridgehead atoms. The van der Waals surface area contributed by atoms with Gasteiger partial charge in [-0.1, -0.05) is 42.5 Å². The lowest BCUT2D eigenvalue weighted by Gasteiger charge is -2.03. The van der Waals surface area contributed by atoms with Crippen LogP contribution in [0.1, 0.15) is 5.69 Å². The second-order valence-electron chi connectivity index (χ2n) is 4.41. The van der Waals surface area contributed by atoms with Crippen molar-refractivity contribution in [3.05, 3.63) is 54.2 Å². The lowest BCUT2D eigenvalue weighted by Crippen LogP contribution is -1.96. The molecular formula is C15H15NO4S. The minimum atomic E-state index is -4.16. The van der Waals surface area contributed by atoms with Gasteiger partial charge in [0.1, 0.15) is 0 Å². The summed E-state index contributed by atoms with van der Waals surface area (Å²) in [4.78, 5) is 4.60. The van der Waals surface area contributed by atoms with E-state index in [2.05, 4.69) is 57.7 Å². The zero-order valence-corrected chi connectivity index (χ0v) is 12.5. The van der Waals surface area contributed by atoms with Crippen molar-refractivity contribution in [2.75, 3.05) is 7.11 Å². The molecule has 0 unspecified atom stereocenters. The number of rotatable bonds is 1. The Labute approximate surface area is 123 Å². The standard InChI is InChI=1S/C14H11N.CH4O4S/c1-10-6-7-12-9-8-11-4-2-3-5-13(11)14(12)15-10;1-5-6(2,3)4/h2-9H,1H3;1H3,(H,2,3,4). The molecule has 0 atom stereocenters. The Bertz CT molecular complexity index is 875. The molecule has 1 heterocycles. The van der Waals surface area contributed by atoms with E-state index in [0.717, 1.165) is 18.3 Å². The van der Waals surface area contributed by atoms with Gasteiger partial charge >= 0.3 is 10.4 Å². The van der Waals surface area contributed by atoms with E-state index in [0.29, 0.717) is 0 Å². The van der Waals surface area contributed by atoms with Gasteiger partial charge in [-0.15, -0.1) is 0 Å². The lowest BCUT2D eigenvalue weighted by atomic mass is 10.1. The molecule has 2 aromatic carbocycles. The Morgan fingerprint density at radius 3 is 2.24 bits per heavy atom. The van der Waals surface area contributed by atoms with Crippen LogP contribution in [0.4, 0.5) is 0 Å². The minimum Gasteiger partial charge on any atom is -0.264 e. The number of aryl methyl sites for hydroxylation is 1. The molecule has 0 aliphatic rings. The average Bonchev–Trinajstić information content (AvgIpc) is 2.47. The molecule has 0 spiro atoms. The van der Waals surface area contributed by atoms with E-state index in [1.807, 2.05) is 6.92 Å². The maximum absolute atomic E-state index is 9.33. The SMILES string of the molecule is COS(=O)(=O)O.Cc1ccc2ccc3ccccc3c2n1. The first-order valence-corrected chi connectivity index (χ1v) is 7.55. The largest absolute Gasteiger partial charge is 0.397 e. The van der Waals surface area contributed by atoms with Gasteiger partial charge in [0, 0.05) is 16.5 Å². The second-order valence-corrected chi connectivity index (χ2v) is 5.59. The summed E-state index contributed by atoms with van der Waals surface area (Å²) in [5, 5.41) is 3.70. The Morgan fingerprint density at radius 2 is 1.57 bits per heavy atom. The molecule has 6 heteroatoms. The van der Waals surface area contributed by atoms with Gasteiger partial charge in [-0.05, 0) is 18.4 Å². The van der Waals surface area contributed by atoms with E-state index in [1.54, 1.807) is 0 Å². The number of fused-ring (bicyclic) bond motifs is 3. The van der Waals surface area contributed by atoms with Gasteiger partial charge in [0.2, 0.25) is 0 Å². The van der Waals surface area contributed by atoms with Crippen molar-refractivity contribution < 1.29 is 17.2 Å². The van der Waals surface area contributed by atoms with Gasteiger partial charge in [0.25, 0.3) is 0 Å². The smallest absolute Gasteiger partial charge is 0.264 e. The summed E-state index contributed by atoms with van der Waals surface area (Å²) in [6, 6.07) is 16.8. The number of nitrogens with zero attached hydrogens (tertiary/aromatic N) is 1. The van der Waals surface area contributed by atoms with Gasteiger partial charge < -0.3 is 0 Å². The number of hydrogen-bond donors (Lipinski definition) is 1. The van der Waals surface area contributed by atoms with Crippen LogP contribution < -0.4 is 0 Å². The van der Waals surface area contributed by atoms with Crippen molar-refractivity contribution >= 4 is 32.1 Å². The average molecular weight is 305 g/mol. The van der Waals surface area contributed by atoms with E-state index < -0.39 is 10.4 Å². The van der Waals surface area contributed by atoms with E-state index >= 15 is 0 Å².